The fourth-order valence-electron chi connectivity index (χ4n) is 5.06. The number of benzene rings is 1. The molecule has 0 radical (unpaired) electrons. The number of pyridine rings is 1. The summed E-state index contributed by atoms with van der Waals surface area (Å²) in [6.07, 6.45) is 5.96. The van der Waals surface area contributed by atoms with Crippen molar-refractivity contribution in [3.8, 4) is 11.1 Å². The average molecular weight is 386 g/mol. The van der Waals surface area contributed by atoms with Crippen molar-refractivity contribution < 1.29 is 0 Å². The molecule has 4 heterocycles. The van der Waals surface area contributed by atoms with Gasteiger partial charge in [-0.15, -0.1) is 0 Å². The van der Waals surface area contributed by atoms with E-state index >= 15 is 0 Å². The largest absolute Gasteiger partial charge is 0.366 e. The van der Waals surface area contributed by atoms with E-state index in [4.69, 9.17) is 9.97 Å². The number of fused-ring (bicyclic) bond motifs is 2. The van der Waals surface area contributed by atoms with Crippen molar-refractivity contribution in [3.63, 3.8) is 0 Å². The second kappa shape index (κ2) is 6.28. The molecule has 0 bridgehead atoms. The summed E-state index contributed by atoms with van der Waals surface area (Å²) in [6, 6.07) is 9.20. The van der Waals surface area contributed by atoms with Gasteiger partial charge in [0.15, 0.2) is 0 Å². The SMILES string of the molecule is CC[C@H]1Nc2nc3nccn3c3c(-c4ccc(C)nc4C)ccc(c23)C1(C)CC. The van der Waals surface area contributed by atoms with Crippen molar-refractivity contribution in [1.82, 2.24) is 19.4 Å². The van der Waals surface area contributed by atoms with E-state index in [-0.39, 0.29) is 5.41 Å². The first-order chi connectivity index (χ1) is 14.0. The fourth-order valence-corrected chi connectivity index (χ4v) is 5.06. The molecule has 0 amide bonds. The number of rotatable bonds is 3. The van der Waals surface area contributed by atoms with Crippen molar-refractivity contribution in [2.45, 2.75) is 58.9 Å². The van der Waals surface area contributed by atoms with Crippen LogP contribution in [0.25, 0.3) is 27.8 Å². The maximum Gasteiger partial charge on any atom is 0.236 e. The lowest BCUT2D eigenvalue weighted by Crippen LogP contribution is -2.44. The van der Waals surface area contributed by atoms with Gasteiger partial charge in [-0.2, -0.15) is 4.98 Å². The van der Waals surface area contributed by atoms with Crippen LogP contribution in [0.3, 0.4) is 0 Å². The number of imidazole rings is 1. The van der Waals surface area contributed by atoms with Gasteiger partial charge in [0.2, 0.25) is 5.78 Å². The van der Waals surface area contributed by atoms with Crippen LogP contribution in [0, 0.1) is 13.8 Å². The van der Waals surface area contributed by atoms with Crippen molar-refractivity contribution in [2.24, 2.45) is 0 Å². The maximum atomic E-state index is 4.89. The Hall–Kier alpha value is -2.95. The Morgan fingerprint density at radius 3 is 2.59 bits per heavy atom. The Kier molecular flexibility index (Phi) is 3.92. The monoisotopic (exact) mass is 385 g/mol. The predicted octanol–water partition coefficient (Wildman–Crippen LogP) is 5.43. The van der Waals surface area contributed by atoms with E-state index in [0.717, 1.165) is 46.9 Å². The molecule has 4 aromatic rings. The number of anilines is 1. The van der Waals surface area contributed by atoms with Crippen LogP contribution in [0.2, 0.25) is 0 Å². The lowest BCUT2D eigenvalue weighted by Gasteiger charge is -2.43. The minimum atomic E-state index is 0.0506. The fraction of sp³-hybridized carbons (Fsp3) is 0.375. The van der Waals surface area contributed by atoms with Gasteiger partial charge in [0, 0.05) is 51.8 Å². The molecule has 3 aromatic heterocycles. The van der Waals surface area contributed by atoms with Crippen molar-refractivity contribution in [1.29, 1.82) is 0 Å². The molecule has 1 aliphatic heterocycles. The van der Waals surface area contributed by atoms with Crippen molar-refractivity contribution in [2.75, 3.05) is 5.32 Å². The lowest BCUT2D eigenvalue weighted by molar-refractivity contribution is 0.371. The quantitative estimate of drug-likeness (QED) is 0.511. The summed E-state index contributed by atoms with van der Waals surface area (Å²) in [5.74, 6) is 1.68. The first-order valence-corrected chi connectivity index (χ1v) is 10.5. The smallest absolute Gasteiger partial charge is 0.236 e. The lowest BCUT2D eigenvalue weighted by atomic mass is 9.69. The molecule has 1 aromatic carbocycles. The highest BCUT2D eigenvalue weighted by Crippen LogP contribution is 2.47. The summed E-state index contributed by atoms with van der Waals surface area (Å²) in [5.41, 5.74) is 7.00. The highest BCUT2D eigenvalue weighted by Gasteiger charge is 2.40. The van der Waals surface area contributed by atoms with E-state index in [0.29, 0.717) is 6.04 Å². The summed E-state index contributed by atoms with van der Waals surface area (Å²) < 4.78 is 2.13. The summed E-state index contributed by atoms with van der Waals surface area (Å²) in [7, 11) is 0. The summed E-state index contributed by atoms with van der Waals surface area (Å²) in [5, 5.41) is 4.97. The van der Waals surface area contributed by atoms with Crippen molar-refractivity contribution >= 4 is 22.5 Å². The number of aryl methyl sites for hydroxylation is 2. The second-order valence-corrected chi connectivity index (χ2v) is 8.40. The third kappa shape index (κ3) is 2.43. The van der Waals surface area contributed by atoms with Gasteiger partial charge < -0.3 is 5.32 Å². The highest BCUT2D eigenvalue weighted by molar-refractivity contribution is 6.04. The molecule has 2 atom stereocenters. The number of aromatic nitrogens is 4. The summed E-state index contributed by atoms with van der Waals surface area (Å²) in [4.78, 5) is 14.1. The molecule has 5 rings (SSSR count). The minimum Gasteiger partial charge on any atom is -0.366 e. The van der Waals surface area contributed by atoms with E-state index in [1.54, 1.807) is 0 Å². The Balaban J connectivity index is 1.94. The zero-order valence-electron chi connectivity index (χ0n) is 17.7. The topological polar surface area (TPSA) is 55.1 Å². The molecule has 1 unspecified atom stereocenters. The van der Waals surface area contributed by atoms with E-state index in [9.17, 15) is 0 Å². The van der Waals surface area contributed by atoms with Crippen LogP contribution in [0.4, 0.5) is 5.82 Å². The van der Waals surface area contributed by atoms with Crippen LogP contribution in [-0.4, -0.2) is 25.4 Å². The minimum absolute atomic E-state index is 0.0506. The molecule has 5 nitrogen and oxygen atoms in total. The molecule has 0 spiro atoms. The first kappa shape index (κ1) is 18.1. The van der Waals surface area contributed by atoms with Crippen molar-refractivity contribution in [3.05, 3.63) is 53.6 Å². The average Bonchev–Trinajstić information content (AvgIpc) is 3.18. The van der Waals surface area contributed by atoms with Crippen LogP contribution < -0.4 is 5.32 Å². The van der Waals surface area contributed by atoms with Gasteiger partial charge >= 0.3 is 0 Å². The van der Waals surface area contributed by atoms with Gasteiger partial charge in [-0.25, -0.2) is 4.98 Å². The second-order valence-electron chi connectivity index (χ2n) is 8.40. The van der Waals surface area contributed by atoms with E-state index in [2.05, 4.69) is 66.7 Å². The number of hydrogen-bond donors (Lipinski definition) is 1. The van der Waals surface area contributed by atoms with Gasteiger partial charge in [-0.05, 0) is 38.3 Å². The molecule has 1 N–H and O–H groups in total. The molecule has 29 heavy (non-hydrogen) atoms. The molecule has 0 aliphatic carbocycles. The van der Waals surface area contributed by atoms with Gasteiger partial charge in [0.05, 0.1) is 5.52 Å². The highest BCUT2D eigenvalue weighted by atomic mass is 15.1. The van der Waals surface area contributed by atoms with E-state index < -0.39 is 0 Å². The molecular weight excluding hydrogens is 358 g/mol. The summed E-state index contributed by atoms with van der Waals surface area (Å²) >= 11 is 0. The van der Waals surface area contributed by atoms with Gasteiger partial charge in [0.25, 0.3) is 0 Å². The molecular formula is C24H27N5. The Bertz CT molecular complexity index is 1260. The van der Waals surface area contributed by atoms with Crippen LogP contribution in [-0.2, 0) is 5.41 Å². The molecule has 5 heteroatoms. The molecule has 1 aliphatic rings. The Labute approximate surface area is 171 Å². The molecule has 0 saturated carbocycles. The third-order valence-electron chi connectivity index (χ3n) is 6.84. The van der Waals surface area contributed by atoms with Crippen LogP contribution in [0.5, 0.6) is 0 Å². The van der Waals surface area contributed by atoms with Gasteiger partial charge in [-0.1, -0.05) is 39.0 Å². The predicted molar refractivity (Wildman–Crippen MR) is 119 cm³/mol. The van der Waals surface area contributed by atoms with Crippen LogP contribution in [0.1, 0.15) is 50.6 Å². The normalized spacial score (nSPS) is 20.9. The Morgan fingerprint density at radius 2 is 1.86 bits per heavy atom. The first-order valence-electron chi connectivity index (χ1n) is 10.5. The summed E-state index contributed by atoms with van der Waals surface area (Å²) in [6.45, 7) is 11.0. The maximum absolute atomic E-state index is 4.89. The van der Waals surface area contributed by atoms with E-state index in [1.807, 2.05) is 19.3 Å². The zero-order chi connectivity index (χ0) is 20.3. The molecule has 0 saturated heterocycles. The third-order valence-corrected chi connectivity index (χ3v) is 6.84. The number of nitrogens with zero attached hydrogens (tertiary/aromatic N) is 4. The zero-order valence-corrected chi connectivity index (χ0v) is 17.7. The van der Waals surface area contributed by atoms with E-state index in [1.165, 1.54) is 16.5 Å². The number of hydrogen-bond acceptors (Lipinski definition) is 4. The van der Waals surface area contributed by atoms with Gasteiger partial charge in [0.1, 0.15) is 5.82 Å². The molecule has 148 valence electrons. The van der Waals surface area contributed by atoms with Crippen LogP contribution >= 0.6 is 0 Å². The van der Waals surface area contributed by atoms with Gasteiger partial charge in [-0.3, -0.25) is 9.38 Å². The standard InChI is InChI=1S/C24H27N5/c1-6-19-24(5,7-2)18-11-10-17(16-9-8-14(3)26-15(16)4)21-20(18)22(27-19)28-23-25-12-13-29(21)23/h8-13,19H,6-7H2,1-5H3,(H,25,27,28)/t19-,24?/m1/s1. The Morgan fingerprint density at radius 1 is 1.07 bits per heavy atom. The van der Waals surface area contributed by atoms with Crippen LogP contribution in [0.15, 0.2) is 36.7 Å². The number of nitrogens with one attached hydrogen (secondary N) is 1. The molecule has 0 fully saturated rings.